The van der Waals surface area contributed by atoms with Crippen LogP contribution in [0.5, 0.6) is 11.5 Å². The van der Waals surface area contributed by atoms with Gasteiger partial charge in [0, 0.05) is 18.5 Å². The van der Waals surface area contributed by atoms with Crippen molar-refractivity contribution in [3.8, 4) is 11.5 Å². The van der Waals surface area contributed by atoms with Gasteiger partial charge in [0.25, 0.3) is 0 Å². The molecule has 0 spiro atoms. The maximum Gasteiger partial charge on any atom is 0.226 e. The predicted octanol–water partition coefficient (Wildman–Crippen LogP) is 2.64. The van der Waals surface area contributed by atoms with E-state index in [2.05, 4.69) is 17.0 Å². The number of hydrogen-bond donors (Lipinski definition) is 1. The fraction of sp³-hybridized carbons (Fsp3) is 0.632. The van der Waals surface area contributed by atoms with Gasteiger partial charge in [-0.15, -0.1) is 0 Å². The van der Waals surface area contributed by atoms with Gasteiger partial charge in [0.05, 0.1) is 6.04 Å². The highest BCUT2D eigenvalue weighted by molar-refractivity contribution is 5.80. The molecule has 2 N–H and O–H groups in total. The van der Waals surface area contributed by atoms with E-state index in [0.29, 0.717) is 19.1 Å². The molecule has 1 saturated carbocycles. The third-order valence-electron chi connectivity index (χ3n) is 5.55. The molecule has 3 unspecified atom stereocenters. The lowest BCUT2D eigenvalue weighted by Gasteiger charge is -2.33. The maximum atomic E-state index is 13.0. The molecule has 0 bridgehead atoms. The van der Waals surface area contributed by atoms with Crippen molar-refractivity contribution < 1.29 is 14.3 Å². The molecule has 5 nitrogen and oxygen atoms in total. The van der Waals surface area contributed by atoms with Crippen molar-refractivity contribution in [1.82, 2.24) is 4.90 Å². The molecule has 130 valence electrons. The molecule has 24 heavy (non-hydrogen) atoms. The summed E-state index contributed by atoms with van der Waals surface area (Å²) in [6, 6.07) is 6.45. The van der Waals surface area contributed by atoms with Gasteiger partial charge < -0.3 is 20.1 Å². The van der Waals surface area contributed by atoms with Gasteiger partial charge in [0.1, 0.15) is 13.2 Å². The number of likely N-dealkylation sites (tertiary alicyclic amines) is 1. The first-order valence-corrected chi connectivity index (χ1v) is 9.18. The van der Waals surface area contributed by atoms with E-state index in [1.807, 2.05) is 6.07 Å². The van der Waals surface area contributed by atoms with E-state index in [4.69, 9.17) is 15.2 Å². The Hall–Kier alpha value is -1.75. The Morgan fingerprint density at radius 3 is 2.75 bits per heavy atom. The number of rotatable bonds is 2. The van der Waals surface area contributed by atoms with Crippen LogP contribution in [0.25, 0.3) is 0 Å². The van der Waals surface area contributed by atoms with Crippen LogP contribution in [0.15, 0.2) is 18.2 Å². The van der Waals surface area contributed by atoms with E-state index >= 15 is 0 Å². The Labute approximate surface area is 143 Å². The summed E-state index contributed by atoms with van der Waals surface area (Å²) in [5, 5.41) is 0. The van der Waals surface area contributed by atoms with Crippen molar-refractivity contribution in [3.63, 3.8) is 0 Å². The van der Waals surface area contributed by atoms with Gasteiger partial charge in [-0.2, -0.15) is 0 Å². The van der Waals surface area contributed by atoms with E-state index in [0.717, 1.165) is 62.1 Å². The summed E-state index contributed by atoms with van der Waals surface area (Å²) in [5.74, 6) is 2.01. The molecule has 3 atom stereocenters. The first kappa shape index (κ1) is 15.8. The lowest BCUT2D eigenvalue weighted by Crippen LogP contribution is -2.40. The van der Waals surface area contributed by atoms with Crippen molar-refractivity contribution in [2.24, 2.45) is 11.7 Å². The lowest BCUT2D eigenvalue weighted by molar-refractivity contribution is -0.137. The minimum Gasteiger partial charge on any atom is -0.486 e. The fourth-order valence-corrected chi connectivity index (χ4v) is 4.33. The van der Waals surface area contributed by atoms with Crippen LogP contribution in [0.4, 0.5) is 0 Å². The predicted molar refractivity (Wildman–Crippen MR) is 91.1 cm³/mol. The second-order valence-electron chi connectivity index (χ2n) is 7.22. The molecular formula is C19H26N2O3. The number of ether oxygens (including phenoxy) is 2. The topological polar surface area (TPSA) is 64.8 Å². The molecule has 1 aliphatic carbocycles. The molecule has 1 saturated heterocycles. The standard InChI is InChI=1S/C19H26N2O3/c20-15-4-1-3-14(11-15)19(22)21-8-2-5-16(21)13-6-7-17-18(12-13)24-10-9-23-17/h6-7,12,14-16H,1-5,8-11,20H2. The van der Waals surface area contributed by atoms with Crippen LogP contribution < -0.4 is 15.2 Å². The third-order valence-corrected chi connectivity index (χ3v) is 5.55. The van der Waals surface area contributed by atoms with E-state index in [-0.39, 0.29) is 18.0 Å². The highest BCUT2D eigenvalue weighted by Crippen LogP contribution is 2.39. The van der Waals surface area contributed by atoms with Gasteiger partial charge in [-0.05, 0) is 49.8 Å². The Morgan fingerprint density at radius 1 is 1.08 bits per heavy atom. The van der Waals surface area contributed by atoms with Gasteiger partial charge in [-0.25, -0.2) is 0 Å². The second kappa shape index (κ2) is 6.63. The number of carbonyl (C=O) groups is 1. The van der Waals surface area contributed by atoms with Crippen molar-refractivity contribution in [3.05, 3.63) is 23.8 Å². The molecule has 2 fully saturated rings. The quantitative estimate of drug-likeness (QED) is 0.905. The molecule has 1 amide bonds. The van der Waals surface area contributed by atoms with E-state index in [1.165, 1.54) is 0 Å². The average Bonchev–Trinajstić information content (AvgIpc) is 3.10. The van der Waals surface area contributed by atoms with Crippen LogP contribution >= 0.6 is 0 Å². The number of benzene rings is 1. The summed E-state index contributed by atoms with van der Waals surface area (Å²) in [6.07, 6.45) is 6.02. The van der Waals surface area contributed by atoms with Crippen LogP contribution in [0.3, 0.4) is 0 Å². The number of amides is 1. The van der Waals surface area contributed by atoms with E-state index in [9.17, 15) is 4.79 Å². The van der Waals surface area contributed by atoms with Crippen LogP contribution in [0.2, 0.25) is 0 Å². The van der Waals surface area contributed by atoms with Crippen molar-refractivity contribution >= 4 is 5.91 Å². The lowest BCUT2D eigenvalue weighted by atomic mass is 9.85. The largest absolute Gasteiger partial charge is 0.486 e. The number of carbonyl (C=O) groups excluding carboxylic acids is 1. The molecule has 5 heteroatoms. The van der Waals surface area contributed by atoms with Gasteiger partial charge in [0.15, 0.2) is 11.5 Å². The Kier molecular flexibility index (Phi) is 4.35. The summed E-state index contributed by atoms with van der Waals surface area (Å²) >= 11 is 0. The Morgan fingerprint density at radius 2 is 1.92 bits per heavy atom. The number of nitrogens with two attached hydrogens (primary N) is 1. The van der Waals surface area contributed by atoms with Crippen LogP contribution in [-0.4, -0.2) is 36.6 Å². The summed E-state index contributed by atoms with van der Waals surface area (Å²) in [6.45, 7) is 2.04. The van der Waals surface area contributed by atoms with Crippen molar-refractivity contribution in [2.45, 2.75) is 50.6 Å². The smallest absolute Gasteiger partial charge is 0.226 e. The number of nitrogens with zero attached hydrogens (tertiary/aromatic N) is 1. The summed E-state index contributed by atoms with van der Waals surface area (Å²) in [5.41, 5.74) is 7.24. The molecule has 1 aromatic rings. The molecule has 0 aromatic heterocycles. The van der Waals surface area contributed by atoms with Crippen LogP contribution in [0, 0.1) is 5.92 Å². The van der Waals surface area contributed by atoms with Crippen molar-refractivity contribution in [1.29, 1.82) is 0 Å². The molecule has 0 radical (unpaired) electrons. The van der Waals surface area contributed by atoms with E-state index in [1.54, 1.807) is 0 Å². The van der Waals surface area contributed by atoms with Gasteiger partial charge >= 0.3 is 0 Å². The van der Waals surface area contributed by atoms with Gasteiger partial charge in [-0.1, -0.05) is 12.5 Å². The molecule has 4 rings (SSSR count). The minimum atomic E-state index is 0.103. The second-order valence-corrected chi connectivity index (χ2v) is 7.22. The maximum absolute atomic E-state index is 13.0. The molecule has 2 aliphatic heterocycles. The van der Waals surface area contributed by atoms with Crippen molar-refractivity contribution in [2.75, 3.05) is 19.8 Å². The average molecular weight is 330 g/mol. The number of fused-ring (bicyclic) bond motifs is 1. The molecule has 1 aromatic carbocycles. The Balaban J connectivity index is 1.53. The molecule has 3 aliphatic rings. The van der Waals surface area contributed by atoms with E-state index < -0.39 is 0 Å². The normalized spacial score (nSPS) is 29.5. The SMILES string of the molecule is NC1CCCC(C(=O)N2CCCC2c2ccc3c(c2)OCCO3)C1. The fourth-order valence-electron chi connectivity index (χ4n) is 4.33. The van der Waals surface area contributed by atoms with Gasteiger partial charge in [-0.3, -0.25) is 4.79 Å². The molecular weight excluding hydrogens is 304 g/mol. The zero-order valence-corrected chi connectivity index (χ0v) is 14.1. The minimum absolute atomic E-state index is 0.103. The van der Waals surface area contributed by atoms with Crippen LogP contribution in [0.1, 0.15) is 50.1 Å². The highest BCUT2D eigenvalue weighted by Gasteiger charge is 2.36. The highest BCUT2D eigenvalue weighted by atomic mass is 16.6. The van der Waals surface area contributed by atoms with Gasteiger partial charge in [0.2, 0.25) is 5.91 Å². The zero-order valence-electron chi connectivity index (χ0n) is 14.1. The zero-order chi connectivity index (χ0) is 16.5. The van der Waals surface area contributed by atoms with Crippen LogP contribution in [-0.2, 0) is 4.79 Å². The third kappa shape index (κ3) is 2.97. The number of hydrogen-bond acceptors (Lipinski definition) is 4. The summed E-state index contributed by atoms with van der Waals surface area (Å²) < 4.78 is 11.3. The Bertz CT molecular complexity index is 619. The summed E-state index contributed by atoms with van der Waals surface area (Å²) in [7, 11) is 0. The first-order chi connectivity index (χ1) is 11.7. The first-order valence-electron chi connectivity index (χ1n) is 9.18. The summed E-state index contributed by atoms with van der Waals surface area (Å²) in [4.78, 5) is 15.1. The molecule has 2 heterocycles. The monoisotopic (exact) mass is 330 g/mol.